The van der Waals surface area contributed by atoms with Crippen LogP contribution in [0.1, 0.15) is 25.0 Å². The van der Waals surface area contributed by atoms with Crippen molar-refractivity contribution in [3.05, 3.63) is 63.9 Å². The number of hydrogen-bond donors (Lipinski definition) is 2. The monoisotopic (exact) mass is 337 g/mol. The maximum absolute atomic E-state index is 13.2. The number of hydrogen-bond acceptors (Lipinski definition) is 2. The van der Waals surface area contributed by atoms with E-state index in [-0.39, 0.29) is 17.1 Å². The number of aromatic hydroxyl groups is 1. The van der Waals surface area contributed by atoms with Crippen LogP contribution in [0, 0.1) is 5.82 Å². The lowest BCUT2D eigenvalue weighted by molar-refractivity contribution is 0.391. The fourth-order valence-corrected chi connectivity index (χ4v) is 2.24. The average molecular weight is 338 g/mol. The molecule has 0 atom stereocenters. The lowest BCUT2D eigenvalue weighted by Crippen LogP contribution is -2.35. The third-order valence-electron chi connectivity index (χ3n) is 3.33. The highest BCUT2D eigenvalue weighted by Gasteiger charge is 2.20. The largest absolute Gasteiger partial charge is 0.508 e. The molecule has 2 aromatic rings. The molecule has 0 bridgehead atoms. The first-order valence-corrected chi connectivity index (χ1v) is 7.16. The summed E-state index contributed by atoms with van der Waals surface area (Å²) in [5.41, 5.74) is 1.39. The second-order valence-corrected chi connectivity index (χ2v) is 6.17. The Morgan fingerprint density at radius 1 is 1.15 bits per heavy atom. The maximum atomic E-state index is 13.2. The lowest BCUT2D eigenvalue weighted by atomic mass is 9.94. The van der Waals surface area contributed by atoms with Crippen LogP contribution >= 0.6 is 15.9 Å². The SMILES string of the molecule is CC(C)(NCc1cc(F)ccc1O)c1ccc(Br)cc1. The van der Waals surface area contributed by atoms with Crippen molar-refractivity contribution in [3.8, 4) is 5.75 Å². The minimum atomic E-state index is -0.346. The van der Waals surface area contributed by atoms with Crippen LogP contribution < -0.4 is 5.32 Å². The van der Waals surface area contributed by atoms with Gasteiger partial charge in [0.05, 0.1) is 0 Å². The minimum absolute atomic E-state index is 0.102. The Hall–Kier alpha value is -1.39. The molecule has 20 heavy (non-hydrogen) atoms. The fraction of sp³-hybridized carbons (Fsp3) is 0.250. The van der Waals surface area contributed by atoms with Crippen LogP contribution in [-0.4, -0.2) is 5.11 Å². The van der Waals surface area contributed by atoms with Crippen LogP contribution in [0.25, 0.3) is 0 Å². The maximum Gasteiger partial charge on any atom is 0.123 e. The van der Waals surface area contributed by atoms with Crippen molar-refractivity contribution < 1.29 is 9.50 Å². The summed E-state index contributed by atoms with van der Waals surface area (Å²) >= 11 is 3.41. The van der Waals surface area contributed by atoms with Gasteiger partial charge in [-0.2, -0.15) is 0 Å². The molecule has 4 heteroatoms. The van der Waals surface area contributed by atoms with Gasteiger partial charge in [0.15, 0.2) is 0 Å². The number of rotatable bonds is 4. The Morgan fingerprint density at radius 2 is 1.80 bits per heavy atom. The van der Waals surface area contributed by atoms with Crippen LogP contribution in [0.5, 0.6) is 5.75 Å². The Labute approximate surface area is 126 Å². The number of phenols is 1. The van der Waals surface area contributed by atoms with Gasteiger partial charge < -0.3 is 10.4 Å². The molecule has 0 aliphatic rings. The molecule has 0 saturated carbocycles. The Morgan fingerprint density at radius 3 is 2.45 bits per heavy atom. The van der Waals surface area contributed by atoms with Crippen molar-refractivity contribution >= 4 is 15.9 Å². The van der Waals surface area contributed by atoms with Crippen molar-refractivity contribution in [1.82, 2.24) is 5.32 Å². The molecule has 106 valence electrons. The highest BCUT2D eigenvalue weighted by Crippen LogP contribution is 2.24. The van der Waals surface area contributed by atoms with Gasteiger partial charge in [0.25, 0.3) is 0 Å². The first-order valence-electron chi connectivity index (χ1n) is 6.37. The standard InChI is InChI=1S/C16H17BrFNO/c1-16(2,12-3-5-13(17)6-4-12)19-10-11-9-14(18)7-8-15(11)20/h3-9,19-20H,10H2,1-2H3. The zero-order valence-corrected chi connectivity index (χ0v) is 13.0. The molecule has 0 saturated heterocycles. The van der Waals surface area contributed by atoms with E-state index in [1.807, 2.05) is 38.1 Å². The van der Waals surface area contributed by atoms with Crippen LogP contribution in [0.3, 0.4) is 0 Å². The van der Waals surface area contributed by atoms with Gasteiger partial charge in [0.1, 0.15) is 11.6 Å². The molecule has 0 unspecified atom stereocenters. The van der Waals surface area contributed by atoms with E-state index >= 15 is 0 Å². The molecule has 0 aromatic heterocycles. The number of halogens is 2. The Bertz CT molecular complexity index is 596. The molecule has 0 spiro atoms. The summed E-state index contributed by atoms with van der Waals surface area (Å²) in [6.07, 6.45) is 0. The molecule has 2 rings (SSSR count). The molecule has 0 aliphatic carbocycles. The summed E-state index contributed by atoms with van der Waals surface area (Å²) in [4.78, 5) is 0. The normalized spacial score (nSPS) is 11.6. The van der Waals surface area contributed by atoms with E-state index in [4.69, 9.17) is 0 Å². The number of benzene rings is 2. The van der Waals surface area contributed by atoms with Crippen LogP contribution in [-0.2, 0) is 12.1 Å². The van der Waals surface area contributed by atoms with E-state index in [1.54, 1.807) is 0 Å². The van der Waals surface area contributed by atoms with Gasteiger partial charge in [-0.3, -0.25) is 0 Å². The first-order chi connectivity index (χ1) is 9.38. The zero-order valence-electron chi connectivity index (χ0n) is 11.5. The van der Waals surface area contributed by atoms with Gasteiger partial charge in [-0.05, 0) is 49.7 Å². The highest BCUT2D eigenvalue weighted by atomic mass is 79.9. The van der Waals surface area contributed by atoms with E-state index in [2.05, 4.69) is 21.2 Å². The van der Waals surface area contributed by atoms with E-state index < -0.39 is 0 Å². The number of phenolic OH excluding ortho intramolecular Hbond substituents is 1. The van der Waals surface area contributed by atoms with Gasteiger partial charge in [0.2, 0.25) is 0 Å². The van der Waals surface area contributed by atoms with Crippen LogP contribution in [0.15, 0.2) is 46.9 Å². The van der Waals surface area contributed by atoms with Crippen molar-refractivity contribution in [3.63, 3.8) is 0 Å². The molecule has 0 amide bonds. The second-order valence-electron chi connectivity index (χ2n) is 5.26. The number of nitrogens with one attached hydrogen (secondary N) is 1. The summed E-state index contributed by atoms with van der Waals surface area (Å²) in [6.45, 7) is 4.49. The van der Waals surface area contributed by atoms with Gasteiger partial charge in [0, 0.05) is 22.1 Å². The third-order valence-corrected chi connectivity index (χ3v) is 3.86. The van der Waals surface area contributed by atoms with E-state index in [0.29, 0.717) is 12.1 Å². The smallest absolute Gasteiger partial charge is 0.123 e. The van der Waals surface area contributed by atoms with Crippen LogP contribution in [0.4, 0.5) is 4.39 Å². The zero-order chi connectivity index (χ0) is 14.8. The molecule has 2 aromatic carbocycles. The fourth-order valence-electron chi connectivity index (χ4n) is 1.98. The van der Waals surface area contributed by atoms with E-state index in [9.17, 15) is 9.50 Å². The van der Waals surface area contributed by atoms with Gasteiger partial charge in [-0.15, -0.1) is 0 Å². The quantitative estimate of drug-likeness (QED) is 0.870. The molecule has 0 radical (unpaired) electrons. The summed E-state index contributed by atoms with van der Waals surface area (Å²) in [6, 6.07) is 12.0. The molecule has 0 heterocycles. The van der Waals surface area contributed by atoms with Crippen molar-refractivity contribution in [1.29, 1.82) is 0 Å². The Kier molecular flexibility index (Phi) is 4.45. The molecular formula is C16H17BrFNO. The summed E-state index contributed by atoms with van der Waals surface area (Å²) in [5, 5.41) is 13.1. The van der Waals surface area contributed by atoms with Crippen molar-refractivity contribution in [2.24, 2.45) is 0 Å². The van der Waals surface area contributed by atoms with Crippen molar-refractivity contribution in [2.45, 2.75) is 25.9 Å². The Balaban J connectivity index is 2.12. The molecule has 2 N–H and O–H groups in total. The average Bonchev–Trinajstić information content (AvgIpc) is 2.40. The highest BCUT2D eigenvalue weighted by molar-refractivity contribution is 9.10. The molecule has 2 nitrogen and oxygen atoms in total. The van der Waals surface area contributed by atoms with Crippen molar-refractivity contribution in [2.75, 3.05) is 0 Å². The van der Waals surface area contributed by atoms with Crippen LogP contribution in [0.2, 0.25) is 0 Å². The minimum Gasteiger partial charge on any atom is -0.508 e. The van der Waals surface area contributed by atoms with Gasteiger partial charge >= 0.3 is 0 Å². The molecule has 0 aliphatic heterocycles. The first kappa shape index (κ1) is 15.0. The van der Waals surface area contributed by atoms with E-state index in [1.165, 1.54) is 18.2 Å². The third kappa shape index (κ3) is 3.58. The second kappa shape index (κ2) is 5.94. The summed E-state index contributed by atoms with van der Waals surface area (Å²) < 4.78 is 14.2. The summed E-state index contributed by atoms with van der Waals surface area (Å²) in [7, 11) is 0. The van der Waals surface area contributed by atoms with Gasteiger partial charge in [-0.1, -0.05) is 28.1 Å². The lowest BCUT2D eigenvalue weighted by Gasteiger charge is -2.27. The van der Waals surface area contributed by atoms with E-state index in [0.717, 1.165) is 10.0 Å². The molecule has 0 fully saturated rings. The summed E-state index contributed by atoms with van der Waals surface area (Å²) in [5.74, 6) is -0.244. The predicted octanol–water partition coefficient (Wildman–Crippen LogP) is 4.32. The predicted molar refractivity (Wildman–Crippen MR) is 82.1 cm³/mol. The molecular weight excluding hydrogens is 321 g/mol. The van der Waals surface area contributed by atoms with Gasteiger partial charge in [-0.25, -0.2) is 4.39 Å². The topological polar surface area (TPSA) is 32.3 Å².